The third kappa shape index (κ3) is 3.76. The van der Waals surface area contributed by atoms with E-state index in [0.29, 0.717) is 19.5 Å². The van der Waals surface area contributed by atoms with Crippen LogP contribution in [0.25, 0.3) is 0 Å². The van der Waals surface area contributed by atoms with Crippen LogP contribution in [0.15, 0.2) is 30.3 Å². The summed E-state index contributed by atoms with van der Waals surface area (Å²) < 4.78 is 0. The average Bonchev–Trinajstić information content (AvgIpc) is 2.54. The molecule has 2 atom stereocenters. The lowest BCUT2D eigenvalue weighted by molar-refractivity contribution is -0.126. The van der Waals surface area contributed by atoms with Crippen LogP contribution in [0.3, 0.4) is 0 Å². The molecule has 1 heterocycles. The maximum atomic E-state index is 12.0. The Hall–Kier alpha value is -1.43. The largest absolute Gasteiger partial charge is 0.396 e. The monoisotopic (exact) mass is 264 g/mol. The van der Waals surface area contributed by atoms with E-state index in [2.05, 4.69) is 5.32 Å². The minimum Gasteiger partial charge on any atom is -0.396 e. The number of nitrogens with one attached hydrogen (secondary N) is 1. The van der Waals surface area contributed by atoms with Crippen LogP contribution in [0.1, 0.15) is 12.0 Å². The molecule has 0 aliphatic carbocycles. The molecule has 3 N–H and O–H groups in total. The Morgan fingerprint density at radius 3 is 2.74 bits per heavy atom. The average molecular weight is 264 g/mol. The molecule has 0 spiro atoms. The van der Waals surface area contributed by atoms with Crippen molar-refractivity contribution in [2.45, 2.75) is 25.1 Å². The molecule has 1 fully saturated rings. The van der Waals surface area contributed by atoms with Crippen molar-refractivity contribution in [2.24, 2.45) is 0 Å². The second-order valence-corrected chi connectivity index (χ2v) is 4.84. The SMILES string of the molecule is O=C1NC[C@H](O)CN(Cc2ccccc2)[C@@H]1CCO. The first kappa shape index (κ1) is 14.0. The number of hydrogen-bond donors (Lipinski definition) is 3. The standard InChI is InChI=1S/C14H20N2O3/c17-7-6-13-14(19)15-8-12(18)10-16(13)9-11-4-2-1-3-5-11/h1-5,12-13,17-18H,6-10H2,(H,15,19)/t12-,13+/m0/s1. The number of aliphatic hydroxyl groups excluding tert-OH is 2. The zero-order valence-corrected chi connectivity index (χ0v) is 10.8. The Balaban J connectivity index is 2.14. The fourth-order valence-electron chi connectivity index (χ4n) is 2.39. The maximum Gasteiger partial charge on any atom is 0.237 e. The number of β-amino-alcohol motifs (C(OH)–C–C–N with tert-alkyl or cyclic N) is 1. The summed E-state index contributed by atoms with van der Waals surface area (Å²) in [6.45, 7) is 1.25. The molecular formula is C14H20N2O3. The van der Waals surface area contributed by atoms with Gasteiger partial charge in [0.15, 0.2) is 0 Å². The third-order valence-electron chi connectivity index (χ3n) is 3.33. The molecule has 1 aliphatic rings. The number of amides is 1. The molecule has 0 unspecified atom stereocenters. The van der Waals surface area contributed by atoms with Crippen LogP contribution in [0, 0.1) is 0 Å². The lowest BCUT2D eigenvalue weighted by atomic mass is 10.1. The van der Waals surface area contributed by atoms with Crippen LogP contribution in [-0.2, 0) is 11.3 Å². The second-order valence-electron chi connectivity index (χ2n) is 4.84. The maximum absolute atomic E-state index is 12.0. The summed E-state index contributed by atoms with van der Waals surface area (Å²) in [5.74, 6) is -0.124. The normalized spacial score (nSPS) is 24.8. The van der Waals surface area contributed by atoms with Crippen molar-refractivity contribution in [3.05, 3.63) is 35.9 Å². The summed E-state index contributed by atoms with van der Waals surface area (Å²) in [5.41, 5.74) is 1.09. The van der Waals surface area contributed by atoms with Crippen LogP contribution in [0.5, 0.6) is 0 Å². The van der Waals surface area contributed by atoms with Crippen molar-refractivity contribution in [3.8, 4) is 0 Å². The van der Waals surface area contributed by atoms with E-state index >= 15 is 0 Å². The molecule has 0 aromatic heterocycles. The Morgan fingerprint density at radius 1 is 1.32 bits per heavy atom. The van der Waals surface area contributed by atoms with Gasteiger partial charge in [-0.2, -0.15) is 0 Å². The van der Waals surface area contributed by atoms with Gasteiger partial charge in [0.05, 0.1) is 12.1 Å². The minimum atomic E-state index is -0.573. The quantitative estimate of drug-likeness (QED) is 0.700. The van der Waals surface area contributed by atoms with Gasteiger partial charge in [0.2, 0.25) is 5.91 Å². The summed E-state index contributed by atoms with van der Waals surface area (Å²) in [6.07, 6.45) is -0.192. The zero-order chi connectivity index (χ0) is 13.7. The molecule has 2 rings (SSSR count). The molecule has 1 aliphatic heterocycles. The van der Waals surface area contributed by atoms with Crippen molar-refractivity contribution in [3.63, 3.8) is 0 Å². The summed E-state index contributed by atoms with van der Waals surface area (Å²) in [4.78, 5) is 13.9. The van der Waals surface area contributed by atoms with Crippen LogP contribution in [0.4, 0.5) is 0 Å². The number of rotatable bonds is 4. The van der Waals surface area contributed by atoms with E-state index in [1.807, 2.05) is 35.2 Å². The van der Waals surface area contributed by atoms with E-state index in [-0.39, 0.29) is 25.1 Å². The predicted molar refractivity (Wildman–Crippen MR) is 71.4 cm³/mol. The number of carbonyl (C=O) groups excluding carboxylic acids is 1. The Bertz CT molecular complexity index is 410. The minimum absolute atomic E-state index is 0.0422. The Kier molecular flexibility index (Phi) is 4.90. The van der Waals surface area contributed by atoms with E-state index in [1.54, 1.807) is 0 Å². The van der Waals surface area contributed by atoms with E-state index in [0.717, 1.165) is 5.56 Å². The van der Waals surface area contributed by atoms with Crippen LogP contribution < -0.4 is 5.32 Å². The number of hydrogen-bond acceptors (Lipinski definition) is 4. The molecule has 19 heavy (non-hydrogen) atoms. The second kappa shape index (κ2) is 6.65. The Morgan fingerprint density at radius 2 is 2.05 bits per heavy atom. The molecule has 5 heteroatoms. The number of benzene rings is 1. The van der Waals surface area contributed by atoms with Gasteiger partial charge in [-0.15, -0.1) is 0 Å². The van der Waals surface area contributed by atoms with Gasteiger partial charge in [-0.1, -0.05) is 30.3 Å². The lowest BCUT2D eigenvalue weighted by Gasteiger charge is -2.28. The fourth-order valence-corrected chi connectivity index (χ4v) is 2.39. The van der Waals surface area contributed by atoms with E-state index in [9.17, 15) is 9.90 Å². The number of carbonyl (C=O) groups is 1. The van der Waals surface area contributed by atoms with Gasteiger partial charge < -0.3 is 15.5 Å². The predicted octanol–water partition coefficient (Wildman–Crippen LogP) is -0.270. The van der Waals surface area contributed by atoms with Gasteiger partial charge in [-0.25, -0.2) is 0 Å². The van der Waals surface area contributed by atoms with Crippen LogP contribution in [-0.4, -0.2) is 52.9 Å². The summed E-state index contributed by atoms with van der Waals surface area (Å²) in [5, 5.41) is 21.6. The molecular weight excluding hydrogens is 244 g/mol. The fraction of sp³-hybridized carbons (Fsp3) is 0.500. The van der Waals surface area contributed by atoms with Crippen molar-refractivity contribution in [2.75, 3.05) is 19.7 Å². The van der Waals surface area contributed by atoms with Gasteiger partial charge in [-0.3, -0.25) is 9.69 Å². The van der Waals surface area contributed by atoms with Crippen molar-refractivity contribution < 1.29 is 15.0 Å². The topological polar surface area (TPSA) is 72.8 Å². The lowest BCUT2D eigenvalue weighted by Crippen LogP contribution is -2.44. The van der Waals surface area contributed by atoms with Crippen molar-refractivity contribution in [1.29, 1.82) is 0 Å². The highest BCUT2D eigenvalue weighted by Crippen LogP contribution is 2.14. The highest BCUT2D eigenvalue weighted by atomic mass is 16.3. The molecule has 104 valence electrons. The first-order valence-electron chi connectivity index (χ1n) is 6.55. The zero-order valence-electron chi connectivity index (χ0n) is 10.8. The van der Waals surface area contributed by atoms with E-state index in [4.69, 9.17) is 5.11 Å². The van der Waals surface area contributed by atoms with Gasteiger partial charge in [0.25, 0.3) is 0 Å². The van der Waals surface area contributed by atoms with Crippen LogP contribution >= 0.6 is 0 Å². The molecule has 1 amide bonds. The van der Waals surface area contributed by atoms with E-state index < -0.39 is 6.10 Å². The summed E-state index contributed by atoms with van der Waals surface area (Å²) in [7, 11) is 0. The van der Waals surface area contributed by atoms with Crippen molar-refractivity contribution in [1.82, 2.24) is 10.2 Å². The third-order valence-corrected chi connectivity index (χ3v) is 3.33. The highest BCUT2D eigenvalue weighted by Gasteiger charge is 2.30. The first-order valence-corrected chi connectivity index (χ1v) is 6.55. The van der Waals surface area contributed by atoms with Gasteiger partial charge in [-0.05, 0) is 12.0 Å². The highest BCUT2D eigenvalue weighted by molar-refractivity contribution is 5.82. The molecule has 5 nitrogen and oxygen atoms in total. The molecule has 1 saturated heterocycles. The molecule has 0 saturated carbocycles. The van der Waals surface area contributed by atoms with Crippen LogP contribution in [0.2, 0.25) is 0 Å². The molecule has 0 bridgehead atoms. The van der Waals surface area contributed by atoms with Crippen molar-refractivity contribution >= 4 is 5.91 Å². The molecule has 1 aromatic carbocycles. The number of aliphatic hydroxyl groups is 2. The smallest absolute Gasteiger partial charge is 0.237 e. The van der Waals surface area contributed by atoms with Gasteiger partial charge >= 0.3 is 0 Å². The molecule has 0 radical (unpaired) electrons. The Labute approximate surface area is 112 Å². The summed E-state index contributed by atoms with van der Waals surface area (Å²) in [6, 6.07) is 9.44. The van der Waals surface area contributed by atoms with Gasteiger partial charge in [0, 0.05) is 26.2 Å². The number of nitrogens with zero attached hydrogens (tertiary/aromatic N) is 1. The van der Waals surface area contributed by atoms with Gasteiger partial charge in [0.1, 0.15) is 0 Å². The molecule has 1 aromatic rings. The summed E-state index contributed by atoms with van der Waals surface area (Å²) >= 11 is 0. The van der Waals surface area contributed by atoms with E-state index in [1.165, 1.54) is 0 Å². The first-order chi connectivity index (χ1) is 9.20.